The summed E-state index contributed by atoms with van der Waals surface area (Å²) in [5.41, 5.74) is 3.33. The SMILES string of the molecule is CCN(CC)C(=O)Nc1ccc2c(c1)CCCN2C(=O)c1cccnc1. The van der Waals surface area contributed by atoms with Crippen LogP contribution in [0.3, 0.4) is 0 Å². The van der Waals surface area contributed by atoms with Gasteiger partial charge in [0.25, 0.3) is 5.91 Å². The van der Waals surface area contributed by atoms with E-state index in [2.05, 4.69) is 10.3 Å². The van der Waals surface area contributed by atoms with E-state index < -0.39 is 0 Å². The van der Waals surface area contributed by atoms with Gasteiger partial charge in [-0.25, -0.2) is 4.79 Å². The van der Waals surface area contributed by atoms with Crippen molar-refractivity contribution in [2.24, 2.45) is 0 Å². The zero-order valence-corrected chi connectivity index (χ0v) is 15.2. The number of urea groups is 1. The zero-order chi connectivity index (χ0) is 18.5. The molecule has 6 heteroatoms. The van der Waals surface area contributed by atoms with E-state index in [4.69, 9.17) is 0 Å². The lowest BCUT2D eigenvalue weighted by atomic mass is 10.00. The normalized spacial score (nSPS) is 13.1. The summed E-state index contributed by atoms with van der Waals surface area (Å²) in [6.45, 7) is 5.93. The average Bonchev–Trinajstić information content (AvgIpc) is 2.68. The van der Waals surface area contributed by atoms with Crippen molar-refractivity contribution in [3.63, 3.8) is 0 Å². The molecule has 0 saturated heterocycles. The number of carbonyl (C=O) groups excluding carboxylic acids is 2. The topological polar surface area (TPSA) is 65.5 Å². The molecule has 3 rings (SSSR count). The van der Waals surface area contributed by atoms with Gasteiger partial charge in [0.05, 0.1) is 5.56 Å². The standard InChI is InChI=1S/C20H24N4O2/c1-3-23(4-2)20(26)22-17-9-10-18-15(13-17)8-6-12-24(18)19(25)16-7-5-11-21-14-16/h5,7,9-11,13-14H,3-4,6,8,12H2,1-2H3,(H,22,26). The number of anilines is 2. The molecule has 0 radical (unpaired) electrons. The minimum absolute atomic E-state index is 0.0426. The quantitative estimate of drug-likeness (QED) is 0.915. The number of hydrogen-bond acceptors (Lipinski definition) is 3. The van der Waals surface area contributed by atoms with Gasteiger partial charge < -0.3 is 15.1 Å². The summed E-state index contributed by atoms with van der Waals surface area (Å²) in [5.74, 6) is -0.0426. The van der Waals surface area contributed by atoms with Crippen LogP contribution in [0.25, 0.3) is 0 Å². The van der Waals surface area contributed by atoms with Crippen LogP contribution >= 0.6 is 0 Å². The van der Waals surface area contributed by atoms with Gasteiger partial charge in [-0.3, -0.25) is 9.78 Å². The number of amides is 3. The van der Waals surface area contributed by atoms with Crippen LogP contribution in [-0.4, -0.2) is 41.5 Å². The Morgan fingerprint density at radius 1 is 1.23 bits per heavy atom. The van der Waals surface area contributed by atoms with Gasteiger partial charge in [-0.05, 0) is 62.6 Å². The first-order chi connectivity index (χ1) is 12.6. The molecule has 0 unspecified atom stereocenters. The molecule has 0 fully saturated rings. The molecule has 2 aromatic rings. The molecule has 136 valence electrons. The molecule has 1 N–H and O–H groups in total. The minimum atomic E-state index is -0.103. The predicted molar refractivity (Wildman–Crippen MR) is 103 cm³/mol. The number of fused-ring (bicyclic) bond motifs is 1. The number of rotatable bonds is 4. The molecule has 1 aromatic heterocycles. The highest BCUT2D eigenvalue weighted by Crippen LogP contribution is 2.30. The van der Waals surface area contributed by atoms with Crippen molar-refractivity contribution in [1.82, 2.24) is 9.88 Å². The zero-order valence-electron chi connectivity index (χ0n) is 15.2. The van der Waals surface area contributed by atoms with Crippen molar-refractivity contribution in [2.75, 3.05) is 29.9 Å². The summed E-state index contributed by atoms with van der Waals surface area (Å²) in [6, 6.07) is 9.19. The Labute approximate surface area is 153 Å². The summed E-state index contributed by atoms with van der Waals surface area (Å²) in [5, 5.41) is 2.94. The Bertz CT molecular complexity index is 788. The van der Waals surface area contributed by atoms with Crippen LogP contribution in [0.1, 0.15) is 36.2 Å². The monoisotopic (exact) mass is 352 g/mol. The first kappa shape index (κ1) is 17.9. The van der Waals surface area contributed by atoms with Gasteiger partial charge in [0.15, 0.2) is 0 Å². The van der Waals surface area contributed by atoms with Crippen LogP contribution in [0.2, 0.25) is 0 Å². The molecule has 3 amide bonds. The summed E-state index contributed by atoms with van der Waals surface area (Å²) in [4.78, 5) is 32.6. The van der Waals surface area contributed by atoms with Crippen LogP contribution in [0, 0.1) is 0 Å². The molecule has 2 heterocycles. The first-order valence-corrected chi connectivity index (χ1v) is 9.04. The predicted octanol–water partition coefficient (Wildman–Crippen LogP) is 3.55. The summed E-state index contributed by atoms with van der Waals surface area (Å²) in [7, 11) is 0. The fraction of sp³-hybridized carbons (Fsp3) is 0.350. The Morgan fingerprint density at radius 2 is 2.04 bits per heavy atom. The molecule has 0 atom stereocenters. The number of nitrogens with zero attached hydrogens (tertiary/aromatic N) is 3. The van der Waals surface area contributed by atoms with Crippen LogP contribution in [0.5, 0.6) is 0 Å². The number of benzene rings is 1. The second kappa shape index (κ2) is 7.99. The van der Waals surface area contributed by atoms with Gasteiger partial charge in [-0.1, -0.05) is 0 Å². The van der Waals surface area contributed by atoms with Crippen molar-refractivity contribution in [3.8, 4) is 0 Å². The van der Waals surface area contributed by atoms with Gasteiger partial charge in [0.2, 0.25) is 0 Å². The van der Waals surface area contributed by atoms with E-state index in [-0.39, 0.29) is 11.9 Å². The fourth-order valence-corrected chi connectivity index (χ4v) is 3.24. The number of pyridine rings is 1. The summed E-state index contributed by atoms with van der Waals surface area (Å²) in [6.07, 6.45) is 5.04. The van der Waals surface area contributed by atoms with E-state index in [1.807, 2.05) is 32.0 Å². The molecule has 1 aromatic carbocycles. The maximum absolute atomic E-state index is 12.8. The highest BCUT2D eigenvalue weighted by atomic mass is 16.2. The van der Waals surface area contributed by atoms with Gasteiger partial charge in [0, 0.05) is 43.4 Å². The molecule has 0 aliphatic carbocycles. The van der Waals surface area contributed by atoms with E-state index >= 15 is 0 Å². The van der Waals surface area contributed by atoms with Crippen LogP contribution in [-0.2, 0) is 6.42 Å². The second-order valence-corrected chi connectivity index (χ2v) is 6.25. The maximum Gasteiger partial charge on any atom is 0.321 e. The number of aryl methyl sites for hydroxylation is 1. The molecule has 6 nitrogen and oxygen atoms in total. The third-order valence-electron chi connectivity index (χ3n) is 4.65. The third kappa shape index (κ3) is 3.69. The highest BCUT2D eigenvalue weighted by Gasteiger charge is 2.24. The Hall–Kier alpha value is -2.89. The molecule has 1 aliphatic rings. The average molecular weight is 352 g/mol. The first-order valence-electron chi connectivity index (χ1n) is 9.04. The fourth-order valence-electron chi connectivity index (χ4n) is 3.24. The Kier molecular flexibility index (Phi) is 5.51. The van der Waals surface area contributed by atoms with Gasteiger partial charge in [-0.2, -0.15) is 0 Å². The Morgan fingerprint density at radius 3 is 2.73 bits per heavy atom. The third-order valence-corrected chi connectivity index (χ3v) is 4.65. The lowest BCUT2D eigenvalue weighted by Crippen LogP contribution is -2.36. The second-order valence-electron chi connectivity index (χ2n) is 6.25. The highest BCUT2D eigenvalue weighted by molar-refractivity contribution is 6.06. The smallest absolute Gasteiger partial charge is 0.321 e. The van der Waals surface area contributed by atoms with Gasteiger partial charge in [-0.15, -0.1) is 0 Å². The van der Waals surface area contributed by atoms with E-state index in [1.165, 1.54) is 0 Å². The van der Waals surface area contributed by atoms with Gasteiger partial charge in [0.1, 0.15) is 0 Å². The maximum atomic E-state index is 12.8. The lowest BCUT2D eigenvalue weighted by molar-refractivity contribution is 0.0984. The van der Waals surface area contributed by atoms with E-state index in [9.17, 15) is 9.59 Å². The molecular formula is C20H24N4O2. The minimum Gasteiger partial charge on any atom is -0.325 e. The number of aromatic nitrogens is 1. The largest absolute Gasteiger partial charge is 0.325 e. The summed E-state index contributed by atoms with van der Waals surface area (Å²) >= 11 is 0. The molecule has 1 aliphatic heterocycles. The van der Waals surface area contributed by atoms with Gasteiger partial charge >= 0.3 is 6.03 Å². The van der Waals surface area contributed by atoms with E-state index in [0.717, 1.165) is 29.8 Å². The van der Waals surface area contributed by atoms with Crippen molar-refractivity contribution < 1.29 is 9.59 Å². The summed E-state index contributed by atoms with van der Waals surface area (Å²) < 4.78 is 0. The molecule has 26 heavy (non-hydrogen) atoms. The molecule has 0 bridgehead atoms. The number of nitrogens with one attached hydrogen (secondary N) is 1. The van der Waals surface area contributed by atoms with Crippen LogP contribution < -0.4 is 10.2 Å². The Balaban J connectivity index is 1.81. The molecular weight excluding hydrogens is 328 g/mol. The van der Waals surface area contributed by atoms with Crippen LogP contribution in [0.4, 0.5) is 16.2 Å². The lowest BCUT2D eigenvalue weighted by Gasteiger charge is -2.30. The van der Waals surface area contributed by atoms with Crippen molar-refractivity contribution in [2.45, 2.75) is 26.7 Å². The van der Waals surface area contributed by atoms with Crippen molar-refractivity contribution >= 4 is 23.3 Å². The molecule has 0 spiro atoms. The number of hydrogen-bond donors (Lipinski definition) is 1. The van der Waals surface area contributed by atoms with Crippen LogP contribution in [0.15, 0.2) is 42.7 Å². The van der Waals surface area contributed by atoms with E-state index in [0.29, 0.717) is 25.2 Å². The number of carbonyl (C=O) groups is 2. The molecule has 0 saturated carbocycles. The van der Waals surface area contributed by atoms with E-state index in [1.54, 1.807) is 34.3 Å². The van der Waals surface area contributed by atoms with Crippen molar-refractivity contribution in [1.29, 1.82) is 0 Å². The van der Waals surface area contributed by atoms with Crippen molar-refractivity contribution in [3.05, 3.63) is 53.9 Å².